The van der Waals surface area contributed by atoms with Crippen LogP contribution in [0.5, 0.6) is 11.5 Å². The van der Waals surface area contributed by atoms with Gasteiger partial charge in [-0.15, -0.1) is 0 Å². The predicted molar refractivity (Wildman–Crippen MR) is 154 cm³/mol. The fourth-order valence-electron chi connectivity index (χ4n) is 3.32. The smallest absolute Gasteiger partial charge is 0.329 e. The summed E-state index contributed by atoms with van der Waals surface area (Å²) in [6, 6.07) is 16.1. The van der Waals surface area contributed by atoms with Crippen LogP contribution in [-0.2, 0) is 20.9 Å². The lowest BCUT2D eigenvalue weighted by molar-refractivity contribution is -0.139. The van der Waals surface area contributed by atoms with E-state index < -0.39 is 11.8 Å². The molecule has 11 heteroatoms. The molecule has 0 fully saturated rings. The van der Waals surface area contributed by atoms with Gasteiger partial charge in [0.05, 0.1) is 17.3 Å². The normalized spacial score (nSPS) is 10.7. The van der Waals surface area contributed by atoms with Gasteiger partial charge >= 0.3 is 11.8 Å². The largest absolute Gasteiger partial charge is 0.490 e. The van der Waals surface area contributed by atoms with Crippen molar-refractivity contribution >= 4 is 57.2 Å². The number of nitrogens with zero attached hydrogens (tertiary/aromatic N) is 1. The van der Waals surface area contributed by atoms with Crippen LogP contribution in [0.1, 0.15) is 29.2 Å². The van der Waals surface area contributed by atoms with Gasteiger partial charge in [-0.25, -0.2) is 5.43 Å². The van der Waals surface area contributed by atoms with E-state index in [1.165, 1.54) is 6.21 Å². The topological polar surface area (TPSA) is 118 Å². The van der Waals surface area contributed by atoms with E-state index in [1.807, 2.05) is 45.0 Å². The number of halogens is 2. The predicted octanol–water partition coefficient (Wildman–Crippen LogP) is 4.90. The Morgan fingerprint density at radius 1 is 1.03 bits per heavy atom. The first-order valence-electron chi connectivity index (χ1n) is 12.0. The van der Waals surface area contributed by atoms with Crippen LogP contribution in [0.15, 0.2) is 64.2 Å². The molecule has 0 aliphatic heterocycles. The van der Waals surface area contributed by atoms with Crippen molar-refractivity contribution in [2.75, 3.05) is 18.5 Å². The number of benzene rings is 3. The lowest BCUT2D eigenvalue weighted by atomic mass is 10.1. The van der Waals surface area contributed by atoms with E-state index in [-0.39, 0.29) is 19.1 Å². The number of hydrazone groups is 1. The summed E-state index contributed by atoms with van der Waals surface area (Å²) in [5.74, 6) is -1.39. The number of rotatable bonds is 10. The van der Waals surface area contributed by atoms with Crippen LogP contribution in [-0.4, -0.2) is 37.1 Å². The number of anilines is 1. The zero-order valence-corrected chi connectivity index (χ0v) is 24.0. The molecule has 3 aromatic carbocycles. The Bertz CT molecular complexity index is 1380. The Morgan fingerprint density at radius 2 is 1.77 bits per heavy atom. The number of aryl methyl sites for hydroxylation is 1. The lowest BCUT2D eigenvalue weighted by Gasteiger charge is -2.15. The van der Waals surface area contributed by atoms with Crippen LogP contribution in [0.2, 0.25) is 5.02 Å². The van der Waals surface area contributed by atoms with Gasteiger partial charge in [-0.05, 0) is 77.7 Å². The van der Waals surface area contributed by atoms with Crippen molar-refractivity contribution < 1.29 is 23.9 Å². The fraction of sp³-hybridized carbons (Fsp3) is 0.214. The van der Waals surface area contributed by atoms with Gasteiger partial charge in [0, 0.05) is 17.3 Å². The number of nitrogens with one attached hydrogen (secondary N) is 3. The number of amides is 3. The summed E-state index contributed by atoms with van der Waals surface area (Å²) in [5, 5.41) is 9.73. The number of carbonyl (C=O) groups excluding carboxylic acids is 3. The minimum absolute atomic E-state index is 0.221. The molecule has 0 atom stereocenters. The second-order valence-corrected chi connectivity index (χ2v) is 9.64. The summed E-state index contributed by atoms with van der Waals surface area (Å²) in [6.45, 7) is 5.87. The van der Waals surface area contributed by atoms with E-state index in [2.05, 4.69) is 37.1 Å². The molecule has 0 saturated heterocycles. The van der Waals surface area contributed by atoms with Gasteiger partial charge in [0.15, 0.2) is 18.1 Å². The molecule has 0 aliphatic carbocycles. The second-order valence-electron chi connectivity index (χ2n) is 8.38. The maximum Gasteiger partial charge on any atom is 0.329 e. The van der Waals surface area contributed by atoms with Crippen LogP contribution >= 0.6 is 27.5 Å². The second kappa shape index (κ2) is 14.3. The SMILES string of the molecule is CCOc1cc(/C=N\NC(=O)C(=O)NCc2ccc(C)cc2)cc(Br)c1OCC(=O)Nc1cccc(Cl)c1C. The molecule has 0 radical (unpaired) electrons. The lowest BCUT2D eigenvalue weighted by Crippen LogP contribution is -2.37. The highest BCUT2D eigenvalue weighted by molar-refractivity contribution is 9.10. The maximum absolute atomic E-state index is 12.5. The van der Waals surface area contributed by atoms with Crippen LogP contribution in [0.3, 0.4) is 0 Å². The van der Waals surface area contributed by atoms with Gasteiger partial charge in [0.1, 0.15) is 0 Å². The summed E-state index contributed by atoms with van der Waals surface area (Å²) in [4.78, 5) is 36.6. The van der Waals surface area contributed by atoms with Gasteiger partial charge in [0.25, 0.3) is 5.91 Å². The van der Waals surface area contributed by atoms with E-state index in [9.17, 15) is 14.4 Å². The minimum Gasteiger partial charge on any atom is -0.490 e. The molecule has 0 unspecified atom stereocenters. The number of hydrogen-bond donors (Lipinski definition) is 3. The summed E-state index contributed by atoms with van der Waals surface area (Å²) < 4.78 is 11.9. The molecule has 0 aliphatic rings. The monoisotopic (exact) mass is 614 g/mol. The van der Waals surface area contributed by atoms with Crippen LogP contribution in [0.4, 0.5) is 5.69 Å². The Kier molecular flexibility index (Phi) is 10.9. The Balaban J connectivity index is 1.58. The van der Waals surface area contributed by atoms with E-state index >= 15 is 0 Å². The zero-order chi connectivity index (χ0) is 28.4. The van der Waals surface area contributed by atoms with Gasteiger partial charge in [0.2, 0.25) is 0 Å². The average molecular weight is 616 g/mol. The van der Waals surface area contributed by atoms with Crippen LogP contribution in [0.25, 0.3) is 0 Å². The molecule has 0 aromatic heterocycles. The van der Waals surface area contributed by atoms with Crippen molar-refractivity contribution in [1.82, 2.24) is 10.7 Å². The third-order valence-corrected chi connectivity index (χ3v) is 6.38. The first-order valence-corrected chi connectivity index (χ1v) is 13.2. The van der Waals surface area contributed by atoms with Crippen molar-refractivity contribution in [3.63, 3.8) is 0 Å². The molecular formula is C28H28BrClN4O5. The quantitative estimate of drug-likeness (QED) is 0.170. The van der Waals surface area contributed by atoms with Crippen molar-refractivity contribution in [2.24, 2.45) is 5.10 Å². The molecule has 0 bridgehead atoms. The third kappa shape index (κ3) is 8.83. The molecule has 0 saturated carbocycles. The Morgan fingerprint density at radius 3 is 2.49 bits per heavy atom. The van der Waals surface area contributed by atoms with E-state index in [1.54, 1.807) is 30.3 Å². The zero-order valence-electron chi connectivity index (χ0n) is 21.6. The third-order valence-electron chi connectivity index (χ3n) is 5.38. The summed E-state index contributed by atoms with van der Waals surface area (Å²) in [6.07, 6.45) is 1.36. The molecule has 3 aromatic rings. The van der Waals surface area contributed by atoms with Crippen molar-refractivity contribution in [2.45, 2.75) is 27.3 Å². The summed E-state index contributed by atoms with van der Waals surface area (Å²) in [7, 11) is 0. The van der Waals surface area contributed by atoms with Gasteiger partial charge < -0.3 is 20.1 Å². The number of carbonyl (C=O) groups is 3. The minimum atomic E-state index is -0.900. The highest BCUT2D eigenvalue weighted by atomic mass is 79.9. The first-order chi connectivity index (χ1) is 18.7. The van der Waals surface area contributed by atoms with Crippen LogP contribution < -0.4 is 25.5 Å². The van der Waals surface area contributed by atoms with Crippen molar-refractivity contribution in [1.29, 1.82) is 0 Å². The summed E-state index contributed by atoms with van der Waals surface area (Å²) >= 11 is 9.54. The van der Waals surface area contributed by atoms with E-state index in [0.717, 1.165) is 16.7 Å². The Labute approximate surface area is 240 Å². The maximum atomic E-state index is 12.5. The molecular weight excluding hydrogens is 588 g/mol. The van der Waals surface area contributed by atoms with Crippen molar-refractivity contribution in [3.05, 3.63) is 86.3 Å². The molecule has 204 valence electrons. The molecule has 3 rings (SSSR count). The van der Waals surface area contributed by atoms with Gasteiger partial charge in [-0.2, -0.15) is 5.10 Å². The molecule has 9 nitrogen and oxygen atoms in total. The molecule has 39 heavy (non-hydrogen) atoms. The highest BCUT2D eigenvalue weighted by Crippen LogP contribution is 2.36. The fourth-order valence-corrected chi connectivity index (χ4v) is 4.07. The molecule has 3 N–H and O–H groups in total. The van der Waals surface area contributed by atoms with E-state index in [4.69, 9.17) is 21.1 Å². The van der Waals surface area contributed by atoms with Gasteiger partial charge in [-0.1, -0.05) is 47.5 Å². The Hall–Kier alpha value is -3.89. The molecule has 0 spiro atoms. The average Bonchev–Trinajstić information content (AvgIpc) is 2.90. The molecule has 3 amide bonds. The van der Waals surface area contributed by atoms with Crippen molar-refractivity contribution in [3.8, 4) is 11.5 Å². The standard InChI is InChI=1S/C28H28BrClN4O5/c1-4-38-24-13-20(15-32-34-28(37)27(36)31-14-19-10-8-17(2)9-11-19)12-21(29)26(24)39-16-25(35)33-23-7-5-6-22(30)18(23)3/h5-13,15H,4,14,16H2,1-3H3,(H,31,36)(H,33,35)(H,34,37)/b32-15-. The first kappa shape index (κ1) is 29.7. The number of ether oxygens (including phenoxy) is 2. The van der Waals surface area contributed by atoms with Crippen LogP contribution in [0, 0.1) is 13.8 Å². The summed E-state index contributed by atoms with van der Waals surface area (Å²) in [5.41, 5.74) is 6.08. The van der Waals surface area contributed by atoms with Gasteiger partial charge in [-0.3, -0.25) is 14.4 Å². The molecule has 0 heterocycles. The van der Waals surface area contributed by atoms with E-state index in [0.29, 0.717) is 38.9 Å². The number of hydrogen-bond acceptors (Lipinski definition) is 6. The highest BCUT2D eigenvalue weighted by Gasteiger charge is 2.15.